The molecule has 0 aromatic heterocycles. The third-order valence-corrected chi connectivity index (χ3v) is 1.81. The first kappa shape index (κ1) is 5.10. The van der Waals surface area contributed by atoms with E-state index in [-0.39, 0.29) is 0 Å². The summed E-state index contributed by atoms with van der Waals surface area (Å²) in [7, 11) is 0. The van der Waals surface area contributed by atoms with Gasteiger partial charge in [-0.3, -0.25) is 0 Å². The molecule has 0 radical (unpaired) electrons. The molecule has 1 fully saturated rings. The van der Waals surface area contributed by atoms with Gasteiger partial charge in [0.1, 0.15) is 13.2 Å². The zero-order valence-electron chi connectivity index (χ0n) is 5.02. The lowest BCUT2D eigenvalue weighted by atomic mass is 10.0. The largest absolute Gasteiger partial charge is 0.433 e. The SMILES string of the molecule is CC1C[OH+]CC1C. The summed E-state index contributed by atoms with van der Waals surface area (Å²) in [4.78, 5) is 0. The maximum Gasteiger partial charge on any atom is 0.147 e. The van der Waals surface area contributed by atoms with Crippen molar-refractivity contribution in [2.24, 2.45) is 11.8 Å². The van der Waals surface area contributed by atoms with Gasteiger partial charge >= 0.3 is 0 Å². The van der Waals surface area contributed by atoms with E-state index in [1.165, 1.54) is 0 Å². The van der Waals surface area contributed by atoms with Crippen LogP contribution in [0.15, 0.2) is 0 Å². The van der Waals surface area contributed by atoms with E-state index in [9.17, 15) is 0 Å². The summed E-state index contributed by atoms with van der Waals surface area (Å²) in [6.45, 7) is 6.73. The Hall–Kier alpha value is -0.0400. The number of hydrogen-bond acceptors (Lipinski definition) is 0. The Morgan fingerprint density at radius 1 is 1.14 bits per heavy atom. The molecule has 1 rings (SSSR count). The van der Waals surface area contributed by atoms with Gasteiger partial charge in [-0.05, 0) is 0 Å². The van der Waals surface area contributed by atoms with Gasteiger partial charge in [0.25, 0.3) is 0 Å². The van der Waals surface area contributed by atoms with Gasteiger partial charge in [-0.25, -0.2) is 0 Å². The van der Waals surface area contributed by atoms with Crippen LogP contribution in [0.4, 0.5) is 0 Å². The topological polar surface area (TPSA) is 12.8 Å². The van der Waals surface area contributed by atoms with E-state index in [1.807, 2.05) is 0 Å². The van der Waals surface area contributed by atoms with Gasteiger partial charge in [-0.2, -0.15) is 0 Å². The molecule has 2 atom stereocenters. The summed E-state index contributed by atoms with van der Waals surface area (Å²) in [5, 5.41) is 0. The van der Waals surface area contributed by atoms with Crippen molar-refractivity contribution in [1.82, 2.24) is 0 Å². The molecule has 0 spiro atoms. The second kappa shape index (κ2) is 1.83. The fraction of sp³-hybridized carbons (Fsp3) is 1.00. The van der Waals surface area contributed by atoms with E-state index >= 15 is 0 Å². The van der Waals surface area contributed by atoms with Crippen molar-refractivity contribution >= 4 is 0 Å². The van der Waals surface area contributed by atoms with E-state index < -0.39 is 0 Å². The average molecular weight is 101 g/mol. The van der Waals surface area contributed by atoms with Gasteiger partial charge in [-0.1, -0.05) is 13.8 Å². The quantitative estimate of drug-likeness (QED) is 0.400. The predicted octanol–water partition coefficient (Wildman–Crippen LogP) is 0.800. The van der Waals surface area contributed by atoms with Crippen molar-refractivity contribution in [3.8, 4) is 0 Å². The molecular weight excluding hydrogens is 88.1 g/mol. The summed E-state index contributed by atoms with van der Waals surface area (Å²) in [5.74, 6) is 1.69. The highest BCUT2D eigenvalue weighted by molar-refractivity contribution is 4.64. The zero-order valence-corrected chi connectivity index (χ0v) is 5.02. The number of hydrogen-bond donors (Lipinski definition) is 0. The second-order valence-corrected chi connectivity index (χ2v) is 2.54. The summed E-state index contributed by atoms with van der Waals surface area (Å²) < 4.78 is 4.25. The molecule has 42 valence electrons. The molecule has 1 aliphatic rings. The van der Waals surface area contributed by atoms with E-state index in [0.717, 1.165) is 25.0 Å². The molecule has 2 unspecified atom stereocenters. The van der Waals surface area contributed by atoms with Crippen molar-refractivity contribution in [2.45, 2.75) is 13.8 Å². The molecule has 0 saturated carbocycles. The number of aliphatic hydroxyl groups is 2. The predicted molar refractivity (Wildman–Crippen MR) is 30.3 cm³/mol. The maximum absolute atomic E-state index is 4.25. The van der Waals surface area contributed by atoms with Gasteiger partial charge in [0.15, 0.2) is 0 Å². The summed E-state index contributed by atoms with van der Waals surface area (Å²) in [6.07, 6.45) is 0. The Kier molecular flexibility index (Phi) is 1.33. The van der Waals surface area contributed by atoms with Crippen LogP contribution in [0, 0.1) is 11.8 Å². The van der Waals surface area contributed by atoms with Gasteiger partial charge in [0, 0.05) is 11.8 Å². The van der Waals surface area contributed by atoms with Crippen LogP contribution >= 0.6 is 0 Å². The first-order valence-electron chi connectivity index (χ1n) is 2.94. The van der Waals surface area contributed by atoms with Crippen LogP contribution in [0.1, 0.15) is 13.8 Å². The Morgan fingerprint density at radius 2 is 1.57 bits per heavy atom. The molecule has 1 N–H and O–H groups in total. The van der Waals surface area contributed by atoms with E-state index in [4.69, 9.17) is 0 Å². The standard InChI is InChI=1S/C6H12O/c1-5-3-7-4-6(5)2/h5-6H,3-4H2,1-2H3/p+1. The van der Waals surface area contributed by atoms with Gasteiger partial charge in [0.2, 0.25) is 0 Å². The average Bonchev–Trinajstić information content (AvgIpc) is 1.91. The van der Waals surface area contributed by atoms with Crippen LogP contribution in [-0.4, -0.2) is 18.0 Å². The minimum Gasteiger partial charge on any atom is -0.433 e. The lowest BCUT2D eigenvalue weighted by molar-refractivity contribution is -0.000656. The van der Waals surface area contributed by atoms with Crippen LogP contribution in [0.3, 0.4) is 0 Å². The first-order valence-corrected chi connectivity index (χ1v) is 2.94. The molecule has 1 heteroatoms. The Morgan fingerprint density at radius 3 is 1.71 bits per heavy atom. The summed E-state index contributed by atoms with van der Waals surface area (Å²) in [6, 6.07) is 0. The highest BCUT2D eigenvalue weighted by Crippen LogP contribution is 2.15. The van der Waals surface area contributed by atoms with Crippen LogP contribution in [0.2, 0.25) is 0 Å². The van der Waals surface area contributed by atoms with Crippen LogP contribution in [0.5, 0.6) is 0 Å². The summed E-state index contributed by atoms with van der Waals surface area (Å²) in [5.41, 5.74) is 0. The third-order valence-electron chi connectivity index (χ3n) is 1.81. The third kappa shape index (κ3) is 0.942. The highest BCUT2D eigenvalue weighted by Gasteiger charge is 2.23. The van der Waals surface area contributed by atoms with Crippen molar-refractivity contribution in [3.63, 3.8) is 0 Å². The monoisotopic (exact) mass is 101 g/mol. The smallest absolute Gasteiger partial charge is 0.147 e. The van der Waals surface area contributed by atoms with Gasteiger partial charge < -0.3 is 4.74 Å². The molecule has 0 amide bonds. The molecule has 1 heterocycles. The molecule has 7 heavy (non-hydrogen) atoms. The van der Waals surface area contributed by atoms with Crippen LogP contribution in [0.25, 0.3) is 0 Å². The molecular formula is C6H13O+. The number of ether oxygens (including phenoxy) is 1. The van der Waals surface area contributed by atoms with Crippen molar-refractivity contribution < 1.29 is 4.74 Å². The molecule has 1 saturated heterocycles. The minimum atomic E-state index is 0.847. The van der Waals surface area contributed by atoms with Crippen molar-refractivity contribution in [2.75, 3.05) is 13.2 Å². The molecule has 1 nitrogen and oxygen atoms in total. The van der Waals surface area contributed by atoms with E-state index in [2.05, 4.69) is 18.6 Å². The highest BCUT2D eigenvalue weighted by atomic mass is 16.5. The van der Waals surface area contributed by atoms with Gasteiger partial charge in [-0.15, -0.1) is 0 Å². The number of rotatable bonds is 0. The molecule has 0 aliphatic carbocycles. The van der Waals surface area contributed by atoms with Crippen molar-refractivity contribution in [1.29, 1.82) is 0 Å². The van der Waals surface area contributed by atoms with E-state index in [1.54, 1.807) is 0 Å². The normalized spacial score (nSPS) is 42.0. The van der Waals surface area contributed by atoms with E-state index in [0.29, 0.717) is 0 Å². The Labute approximate surface area is 44.7 Å². The fourth-order valence-corrected chi connectivity index (χ4v) is 0.842. The fourth-order valence-electron chi connectivity index (χ4n) is 0.842. The summed E-state index contributed by atoms with van der Waals surface area (Å²) >= 11 is 0. The molecule has 0 aromatic carbocycles. The Bertz CT molecular complexity index is 53.2. The maximum atomic E-state index is 4.25. The lowest BCUT2D eigenvalue weighted by Gasteiger charge is -1.96. The first-order chi connectivity index (χ1) is 3.30. The molecule has 0 aromatic rings. The minimum absolute atomic E-state index is 0.847. The van der Waals surface area contributed by atoms with Gasteiger partial charge in [0.05, 0.1) is 0 Å². The molecule has 0 bridgehead atoms. The van der Waals surface area contributed by atoms with Crippen LogP contribution in [-0.2, 0) is 0 Å². The lowest BCUT2D eigenvalue weighted by Crippen LogP contribution is -2.01. The zero-order chi connectivity index (χ0) is 5.28. The second-order valence-electron chi connectivity index (χ2n) is 2.54. The van der Waals surface area contributed by atoms with Crippen molar-refractivity contribution in [3.05, 3.63) is 0 Å². The van der Waals surface area contributed by atoms with Crippen LogP contribution < -0.4 is 0 Å². The molecule has 1 aliphatic heterocycles. The Balaban J connectivity index is 2.33.